The topological polar surface area (TPSA) is 63.1 Å². The molecule has 0 radical (unpaired) electrons. The minimum atomic E-state index is -0.0220. The van der Waals surface area contributed by atoms with E-state index in [1.165, 1.54) is 32.4 Å². The molecule has 6 heteroatoms. The standard InChI is InChI=1S/C21H33N5O/c1-15(2)19-13-17(18-14-23-26(16(3)4)20(18)24-19)21(27)22-9-8-12-25-10-6-5-7-11-25/h13-16H,5-12H2,1-4H3,(H,22,27). The third-order valence-corrected chi connectivity index (χ3v) is 5.30. The zero-order valence-corrected chi connectivity index (χ0v) is 17.2. The molecule has 0 aliphatic carbocycles. The number of rotatable bonds is 7. The summed E-state index contributed by atoms with van der Waals surface area (Å²) in [5.41, 5.74) is 2.42. The van der Waals surface area contributed by atoms with Crippen molar-refractivity contribution in [2.24, 2.45) is 0 Å². The highest BCUT2D eigenvalue weighted by Crippen LogP contribution is 2.24. The molecule has 3 rings (SSSR count). The second kappa shape index (κ2) is 8.83. The Hall–Kier alpha value is -1.95. The molecule has 0 aromatic carbocycles. The second-order valence-electron chi connectivity index (χ2n) is 8.18. The fourth-order valence-electron chi connectivity index (χ4n) is 3.68. The second-order valence-corrected chi connectivity index (χ2v) is 8.18. The molecule has 0 unspecified atom stereocenters. The van der Waals surface area contributed by atoms with Gasteiger partial charge in [-0.2, -0.15) is 5.10 Å². The van der Waals surface area contributed by atoms with Crippen LogP contribution in [-0.2, 0) is 0 Å². The number of nitrogens with zero attached hydrogens (tertiary/aromatic N) is 4. The molecule has 148 valence electrons. The fraction of sp³-hybridized carbons (Fsp3) is 0.667. The summed E-state index contributed by atoms with van der Waals surface area (Å²) >= 11 is 0. The van der Waals surface area contributed by atoms with Gasteiger partial charge in [-0.3, -0.25) is 4.79 Å². The Morgan fingerprint density at radius 2 is 1.93 bits per heavy atom. The maximum atomic E-state index is 12.9. The summed E-state index contributed by atoms with van der Waals surface area (Å²) < 4.78 is 1.90. The molecule has 3 heterocycles. The third-order valence-electron chi connectivity index (χ3n) is 5.30. The summed E-state index contributed by atoms with van der Waals surface area (Å²) in [6.45, 7) is 12.5. The number of hydrogen-bond acceptors (Lipinski definition) is 4. The van der Waals surface area contributed by atoms with Crippen LogP contribution < -0.4 is 5.32 Å². The summed E-state index contributed by atoms with van der Waals surface area (Å²) in [5, 5.41) is 8.40. The average Bonchev–Trinajstić information content (AvgIpc) is 3.09. The molecule has 1 aliphatic rings. The fourth-order valence-corrected chi connectivity index (χ4v) is 3.68. The molecule has 27 heavy (non-hydrogen) atoms. The summed E-state index contributed by atoms with van der Waals surface area (Å²) in [6.07, 6.45) is 6.73. The first kappa shape index (κ1) is 19.8. The minimum Gasteiger partial charge on any atom is -0.352 e. The molecule has 0 atom stereocenters. The monoisotopic (exact) mass is 371 g/mol. The Bertz CT molecular complexity index is 774. The van der Waals surface area contributed by atoms with E-state index in [0.717, 1.165) is 29.7 Å². The van der Waals surface area contributed by atoms with Crippen LogP contribution >= 0.6 is 0 Å². The molecule has 0 bridgehead atoms. The van der Waals surface area contributed by atoms with E-state index in [9.17, 15) is 4.79 Å². The van der Waals surface area contributed by atoms with Crippen LogP contribution in [0.1, 0.15) is 81.4 Å². The normalized spacial score (nSPS) is 15.8. The number of pyridine rings is 1. The first-order chi connectivity index (χ1) is 13.0. The highest BCUT2D eigenvalue weighted by Gasteiger charge is 2.19. The Labute approximate surface area is 162 Å². The van der Waals surface area contributed by atoms with Crippen LogP contribution in [0.25, 0.3) is 11.0 Å². The minimum absolute atomic E-state index is 0.0220. The first-order valence-corrected chi connectivity index (χ1v) is 10.4. The predicted molar refractivity (Wildman–Crippen MR) is 109 cm³/mol. The van der Waals surface area contributed by atoms with Crippen LogP contribution in [-0.4, -0.2) is 51.8 Å². The van der Waals surface area contributed by atoms with Crippen LogP contribution in [0.5, 0.6) is 0 Å². The van der Waals surface area contributed by atoms with Gasteiger partial charge in [-0.05, 0) is 64.7 Å². The van der Waals surface area contributed by atoms with Gasteiger partial charge in [-0.1, -0.05) is 20.3 Å². The predicted octanol–water partition coefficient (Wildman–Crippen LogP) is 3.74. The quantitative estimate of drug-likeness (QED) is 0.753. The molecule has 6 nitrogen and oxygen atoms in total. The lowest BCUT2D eigenvalue weighted by Gasteiger charge is -2.26. The Morgan fingerprint density at radius 3 is 2.59 bits per heavy atom. The van der Waals surface area contributed by atoms with Crippen LogP contribution in [0.2, 0.25) is 0 Å². The van der Waals surface area contributed by atoms with Crippen molar-refractivity contribution in [2.45, 2.75) is 65.3 Å². The molecule has 1 N–H and O–H groups in total. The number of carbonyl (C=O) groups is 1. The SMILES string of the molecule is CC(C)c1cc(C(=O)NCCCN2CCCCC2)c2cnn(C(C)C)c2n1. The van der Waals surface area contributed by atoms with E-state index in [4.69, 9.17) is 4.98 Å². The van der Waals surface area contributed by atoms with Crippen molar-refractivity contribution in [3.8, 4) is 0 Å². The summed E-state index contributed by atoms with van der Waals surface area (Å²) in [4.78, 5) is 20.1. The zero-order chi connectivity index (χ0) is 19.4. The van der Waals surface area contributed by atoms with Gasteiger partial charge in [-0.15, -0.1) is 0 Å². The lowest BCUT2D eigenvalue weighted by atomic mass is 10.0. The number of nitrogens with one attached hydrogen (secondary N) is 1. The number of piperidine rings is 1. The van der Waals surface area contributed by atoms with Gasteiger partial charge in [0.1, 0.15) is 0 Å². The molecule has 0 saturated carbocycles. The van der Waals surface area contributed by atoms with Crippen molar-refractivity contribution in [1.82, 2.24) is 25.0 Å². The Morgan fingerprint density at radius 1 is 1.19 bits per heavy atom. The van der Waals surface area contributed by atoms with E-state index in [0.29, 0.717) is 12.1 Å². The van der Waals surface area contributed by atoms with E-state index in [2.05, 4.69) is 43.0 Å². The van der Waals surface area contributed by atoms with E-state index in [1.54, 1.807) is 6.20 Å². The number of hydrogen-bond donors (Lipinski definition) is 1. The maximum absolute atomic E-state index is 12.9. The van der Waals surface area contributed by atoms with E-state index < -0.39 is 0 Å². The zero-order valence-electron chi connectivity index (χ0n) is 17.2. The Balaban J connectivity index is 1.71. The largest absolute Gasteiger partial charge is 0.352 e. The van der Waals surface area contributed by atoms with Gasteiger partial charge in [0.05, 0.1) is 17.1 Å². The van der Waals surface area contributed by atoms with Crippen molar-refractivity contribution in [3.05, 3.63) is 23.5 Å². The van der Waals surface area contributed by atoms with Gasteiger partial charge in [0, 0.05) is 18.3 Å². The van der Waals surface area contributed by atoms with Gasteiger partial charge < -0.3 is 10.2 Å². The Kier molecular flexibility index (Phi) is 6.47. The molecule has 1 saturated heterocycles. The smallest absolute Gasteiger partial charge is 0.252 e. The number of aromatic nitrogens is 3. The lowest BCUT2D eigenvalue weighted by molar-refractivity contribution is 0.0952. The number of likely N-dealkylation sites (tertiary alicyclic amines) is 1. The summed E-state index contributed by atoms with van der Waals surface area (Å²) in [6, 6.07) is 2.14. The molecule has 1 amide bonds. The molecule has 1 aliphatic heterocycles. The molecule has 2 aromatic heterocycles. The van der Waals surface area contributed by atoms with Crippen LogP contribution in [0.4, 0.5) is 0 Å². The molecular weight excluding hydrogens is 338 g/mol. The molecular formula is C21H33N5O. The molecule has 0 spiro atoms. The maximum Gasteiger partial charge on any atom is 0.252 e. The van der Waals surface area contributed by atoms with Crippen LogP contribution in [0.15, 0.2) is 12.3 Å². The number of carbonyl (C=O) groups excluding carboxylic acids is 1. The van der Waals surface area contributed by atoms with Crippen LogP contribution in [0.3, 0.4) is 0 Å². The first-order valence-electron chi connectivity index (χ1n) is 10.4. The third kappa shape index (κ3) is 4.67. The number of amides is 1. The lowest BCUT2D eigenvalue weighted by Crippen LogP contribution is -2.33. The van der Waals surface area contributed by atoms with Crippen LogP contribution in [0, 0.1) is 0 Å². The molecule has 2 aromatic rings. The van der Waals surface area contributed by atoms with Crippen molar-refractivity contribution in [2.75, 3.05) is 26.2 Å². The van der Waals surface area contributed by atoms with Gasteiger partial charge in [-0.25, -0.2) is 9.67 Å². The van der Waals surface area contributed by atoms with E-state index >= 15 is 0 Å². The van der Waals surface area contributed by atoms with Crippen molar-refractivity contribution in [1.29, 1.82) is 0 Å². The highest BCUT2D eigenvalue weighted by atomic mass is 16.1. The van der Waals surface area contributed by atoms with Gasteiger partial charge in [0.2, 0.25) is 0 Å². The summed E-state index contributed by atoms with van der Waals surface area (Å²) in [5.74, 6) is 0.238. The van der Waals surface area contributed by atoms with Gasteiger partial charge >= 0.3 is 0 Å². The van der Waals surface area contributed by atoms with Gasteiger partial charge in [0.15, 0.2) is 5.65 Å². The van der Waals surface area contributed by atoms with E-state index in [-0.39, 0.29) is 17.9 Å². The average molecular weight is 372 g/mol. The summed E-state index contributed by atoms with van der Waals surface area (Å²) in [7, 11) is 0. The van der Waals surface area contributed by atoms with Crippen molar-refractivity contribution in [3.63, 3.8) is 0 Å². The van der Waals surface area contributed by atoms with Gasteiger partial charge in [0.25, 0.3) is 5.91 Å². The molecule has 1 fully saturated rings. The highest BCUT2D eigenvalue weighted by molar-refractivity contribution is 6.05. The van der Waals surface area contributed by atoms with Crippen molar-refractivity contribution < 1.29 is 4.79 Å². The van der Waals surface area contributed by atoms with E-state index in [1.807, 2.05) is 10.7 Å². The van der Waals surface area contributed by atoms with Crippen molar-refractivity contribution >= 4 is 16.9 Å². The number of fused-ring (bicyclic) bond motifs is 1.